The van der Waals surface area contributed by atoms with Gasteiger partial charge in [0.1, 0.15) is 6.23 Å². The second-order valence-corrected chi connectivity index (χ2v) is 6.82. The molecule has 0 aliphatic carbocycles. The maximum Gasteiger partial charge on any atom is 0.328 e. The average molecular weight is 330 g/mol. The van der Waals surface area contributed by atoms with Gasteiger partial charge < -0.3 is 9.64 Å². The van der Waals surface area contributed by atoms with Crippen LogP contribution in [0.1, 0.15) is 33.1 Å². The summed E-state index contributed by atoms with van der Waals surface area (Å²) in [7, 11) is 0. The zero-order valence-electron chi connectivity index (χ0n) is 12.7. The van der Waals surface area contributed by atoms with Crippen LogP contribution in [-0.4, -0.2) is 53.3 Å². The zero-order chi connectivity index (χ0) is 15.2. The lowest BCUT2D eigenvalue weighted by Gasteiger charge is -2.39. The number of ether oxygens (including phenoxy) is 1. The third-order valence-electron chi connectivity index (χ3n) is 3.19. The predicted octanol–water partition coefficient (Wildman–Crippen LogP) is 3.05. The topological polar surface area (TPSA) is 58.6 Å². The molecule has 2 heterocycles. The van der Waals surface area contributed by atoms with Crippen molar-refractivity contribution >= 4 is 34.3 Å². The Hall–Kier alpha value is -0.860. The number of carbonyl (C=O) groups is 1. The van der Waals surface area contributed by atoms with Gasteiger partial charge >= 0.3 is 6.03 Å². The van der Waals surface area contributed by atoms with E-state index in [0.29, 0.717) is 11.7 Å². The molecular formula is C13H22N4O2S2. The van der Waals surface area contributed by atoms with E-state index in [1.54, 1.807) is 4.90 Å². The van der Waals surface area contributed by atoms with Crippen LogP contribution in [0, 0.1) is 0 Å². The first-order valence-electron chi connectivity index (χ1n) is 7.28. The first-order chi connectivity index (χ1) is 10.2. The van der Waals surface area contributed by atoms with Crippen molar-refractivity contribution in [2.24, 2.45) is 0 Å². The fourth-order valence-electron chi connectivity index (χ4n) is 2.24. The van der Waals surface area contributed by atoms with Crippen LogP contribution in [0.2, 0.25) is 0 Å². The molecule has 1 atom stereocenters. The van der Waals surface area contributed by atoms with E-state index in [4.69, 9.17) is 4.74 Å². The van der Waals surface area contributed by atoms with Crippen LogP contribution in [0.4, 0.5) is 9.93 Å². The van der Waals surface area contributed by atoms with E-state index in [0.717, 1.165) is 36.7 Å². The monoisotopic (exact) mass is 330 g/mol. The van der Waals surface area contributed by atoms with Gasteiger partial charge in [0.2, 0.25) is 5.13 Å². The van der Waals surface area contributed by atoms with Crippen molar-refractivity contribution < 1.29 is 9.53 Å². The quantitative estimate of drug-likeness (QED) is 0.568. The summed E-state index contributed by atoms with van der Waals surface area (Å²) in [6, 6.07) is -0.0204. The SMILES string of the molecule is CCCOC1CCN(CCC)C(=O)N1c1nnc(SC)s1. The van der Waals surface area contributed by atoms with Crippen LogP contribution < -0.4 is 4.90 Å². The number of thioether (sulfide) groups is 1. The number of hydrogen-bond donors (Lipinski definition) is 0. The lowest BCUT2D eigenvalue weighted by Crippen LogP contribution is -2.55. The minimum Gasteiger partial charge on any atom is -0.358 e. The molecule has 1 unspecified atom stereocenters. The van der Waals surface area contributed by atoms with Gasteiger partial charge in [-0.2, -0.15) is 0 Å². The number of nitrogens with zero attached hydrogens (tertiary/aromatic N) is 4. The molecule has 0 radical (unpaired) electrons. The Bertz CT molecular complexity index is 469. The number of aromatic nitrogens is 2. The molecule has 8 heteroatoms. The summed E-state index contributed by atoms with van der Waals surface area (Å²) in [5, 5.41) is 8.88. The van der Waals surface area contributed by atoms with Gasteiger partial charge in [-0.1, -0.05) is 36.9 Å². The highest BCUT2D eigenvalue weighted by molar-refractivity contribution is 8.00. The number of anilines is 1. The second kappa shape index (κ2) is 7.95. The molecule has 1 aromatic heterocycles. The van der Waals surface area contributed by atoms with Crippen molar-refractivity contribution in [1.29, 1.82) is 0 Å². The highest BCUT2D eigenvalue weighted by Gasteiger charge is 2.36. The van der Waals surface area contributed by atoms with Crippen LogP contribution in [0.3, 0.4) is 0 Å². The van der Waals surface area contributed by atoms with Crippen molar-refractivity contribution in [3.05, 3.63) is 0 Å². The summed E-state index contributed by atoms with van der Waals surface area (Å²) in [5.74, 6) is 0. The molecule has 1 aliphatic heterocycles. The van der Waals surface area contributed by atoms with Gasteiger partial charge in [-0.05, 0) is 19.1 Å². The van der Waals surface area contributed by atoms with Gasteiger partial charge in [-0.15, -0.1) is 10.2 Å². The summed E-state index contributed by atoms with van der Waals surface area (Å²) in [6.45, 7) is 6.30. The van der Waals surface area contributed by atoms with E-state index in [-0.39, 0.29) is 12.3 Å². The predicted molar refractivity (Wildman–Crippen MR) is 86.1 cm³/mol. The summed E-state index contributed by atoms with van der Waals surface area (Å²) in [5.41, 5.74) is 0. The second-order valence-electron chi connectivity index (χ2n) is 4.81. The first-order valence-corrected chi connectivity index (χ1v) is 9.32. The van der Waals surface area contributed by atoms with E-state index < -0.39 is 0 Å². The van der Waals surface area contributed by atoms with E-state index in [9.17, 15) is 4.79 Å². The molecule has 0 aromatic carbocycles. The molecule has 2 amide bonds. The van der Waals surface area contributed by atoms with Crippen molar-refractivity contribution in [2.75, 3.05) is 30.9 Å². The lowest BCUT2D eigenvalue weighted by atomic mass is 10.2. The van der Waals surface area contributed by atoms with Crippen LogP contribution in [-0.2, 0) is 4.74 Å². The molecule has 1 aromatic rings. The standard InChI is InChI=1S/C13H22N4O2S2/c1-4-7-16-8-6-10(19-9-5-2)17(13(16)18)11-14-15-12(20-3)21-11/h10H,4-9H2,1-3H3. The molecule has 21 heavy (non-hydrogen) atoms. The van der Waals surface area contributed by atoms with Gasteiger partial charge in [-0.25, -0.2) is 9.69 Å². The number of carbonyl (C=O) groups excluding carboxylic acids is 1. The summed E-state index contributed by atoms with van der Waals surface area (Å²) < 4.78 is 6.71. The number of amides is 2. The first kappa shape index (κ1) is 16.5. The highest BCUT2D eigenvalue weighted by Crippen LogP contribution is 2.31. The average Bonchev–Trinajstić information content (AvgIpc) is 2.96. The van der Waals surface area contributed by atoms with E-state index in [1.807, 2.05) is 11.2 Å². The largest absolute Gasteiger partial charge is 0.358 e. The van der Waals surface area contributed by atoms with Crippen LogP contribution in [0.5, 0.6) is 0 Å². The van der Waals surface area contributed by atoms with E-state index in [1.165, 1.54) is 23.1 Å². The molecule has 0 bridgehead atoms. The van der Waals surface area contributed by atoms with Crippen LogP contribution in [0.25, 0.3) is 0 Å². The maximum atomic E-state index is 12.7. The Labute approximate surface area is 133 Å². The highest BCUT2D eigenvalue weighted by atomic mass is 32.2. The molecule has 0 saturated carbocycles. The van der Waals surface area contributed by atoms with Crippen molar-refractivity contribution in [3.63, 3.8) is 0 Å². The molecular weight excluding hydrogens is 308 g/mol. The molecule has 1 saturated heterocycles. The van der Waals surface area contributed by atoms with E-state index >= 15 is 0 Å². The van der Waals surface area contributed by atoms with E-state index in [2.05, 4.69) is 24.0 Å². The Morgan fingerprint density at radius 2 is 2.19 bits per heavy atom. The third kappa shape index (κ3) is 3.87. The summed E-state index contributed by atoms with van der Waals surface area (Å²) in [4.78, 5) is 16.2. The van der Waals surface area contributed by atoms with Gasteiger partial charge in [-0.3, -0.25) is 0 Å². The zero-order valence-corrected chi connectivity index (χ0v) is 14.4. The third-order valence-corrected chi connectivity index (χ3v) is 5.09. The van der Waals surface area contributed by atoms with Gasteiger partial charge in [0, 0.05) is 26.1 Å². The fourth-order valence-corrected chi connectivity index (χ4v) is 3.54. The molecule has 2 rings (SSSR count). The van der Waals surface area contributed by atoms with Gasteiger partial charge in [0.15, 0.2) is 4.34 Å². The number of rotatable bonds is 7. The number of urea groups is 1. The Balaban J connectivity index is 2.20. The molecule has 0 spiro atoms. The Morgan fingerprint density at radius 3 is 2.81 bits per heavy atom. The van der Waals surface area contributed by atoms with Crippen LogP contribution in [0.15, 0.2) is 4.34 Å². The smallest absolute Gasteiger partial charge is 0.328 e. The Kier molecular flexibility index (Phi) is 6.25. The fraction of sp³-hybridized carbons (Fsp3) is 0.769. The maximum absolute atomic E-state index is 12.7. The van der Waals surface area contributed by atoms with Crippen molar-refractivity contribution in [1.82, 2.24) is 15.1 Å². The Morgan fingerprint density at radius 1 is 1.38 bits per heavy atom. The normalized spacial score (nSPS) is 19.4. The molecule has 118 valence electrons. The van der Waals surface area contributed by atoms with Crippen molar-refractivity contribution in [3.8, 4) is 0 Å². The molecule has 1 aliphatic rings. The van der Waals surface area contributed by atoms with Crippen molar-refractivity contribution in [2.45, 2.75) is 43.7 Å². The van der Waals surface area contributed by atoms with Gasteiger partial charge in [0.25, 0.3) is 0 Å². The molecule has 1 fully saturated rings. The summed E-state index contributed by atoms with van der Waals surface area (Å²) in [6.07, 6.45) is 4.42. The molecule has 0 N–H and O–H groups in total. The minimum atomic E-state index is -0.229. The molecule has 6 nitrogen and oxygen atoms in total. The lowest BCUT2D eigenvalue weighted by molar-refractivity contribution is 0.0292. The van der Waals surface area contributed by atoms with Gasteiger partial charge in [0.05, 0.1) is 0 Å². The number of hydrogen-bond acceptors (Lipinski definition) is 6. The van der Waals surface area contributed by atoms with Crippen LogP contribution >= 0.6 is 23.1 Å². The minimum absolute atomic E-state index is 0.0204. The summed E-state index contributed by atoms with van der Waals surface area (Å²) >= 11 is 2.98.